The average molecular weight is 210 g/mol. The molecule has 0 spiro atoms. The third kappa shape index (κ3) is 2.21. The summed E-state index contributed by atoms with van der Waals surface area (Å²) in [5.74, 6) is 1.36. The summed E-state index contributed by atoms with van der Waals surface area (Å²) in [6.07, 6.45) is 1.12. The van der Waals surface area contributed by atoms with Gasteiger partial charge in [-0.15, -0.1) is 0 Å². The molecule has 84 valence electrons. The van der Waals surface area contributed by atoms with E-state index >= 15 is 0 Å². The fraction of sp³-hybridized carbons (Fsp3) is 0.727. The fourth-order valence-corrected chi connectivity index (χ4v) is 2.08. The molecular weight excluding hydrogens is 192 g/mol. The van der Waals surface area contributed by atoms with Crippen LogP contribution in [0.25, 0.3) is 0 Å². The van der Waals surface area contributed by atoms with Gasteiger partial charge in [-0.05, 0) is 26.8 Å². The SMILES string of the molecule is CC(C)N1CCC(c2cc(CO)no2)C1. The molecule has 2 heterocycles. The zero-order valence-corrected chi connectivity index (χ0v) is 9.31. The highest BCUT2D eigenvalue weighted by atomic mass is 16.5. The lowest BCUT2D eigenvalue weighted by Crippen LogP contribution is -2.27. The van der Waals surface area contributed by atoms with Crippen LogP contribution in [0, 0.1) is 0 Å². The van der Waals surface area contributed by atoms with Gasteiger partial charge in [-0.2, -0.15) is 0 Å². The molecule has 2 rings (SSSR count). The summed E-state index contributed by atoms with van der Waals surface area (Å²) in [4.78, 5) is 2.44. The molecule has 1 fully saturated rings. The van der Waals surface area contributed by atoms with Crippen molar-refractivity contribution >= 4 is 0 Å². The second-order valence-electron chi connectivity index (χ2n) is 4.45. The molecule has 0 radical (unpaired) electrons. The van der Waals surface area contributed by atoms with E-state index in [2.05, 4.69) is 23.9 Å². The van der Waals surface area contributed by atoms with Gasteiger partial charge in [0, 0.05) is 24.6 Å². The van der Waals surface area contributed by atoms with Crippen LogP contribution in [0.2, 0.25) is 0 Å². The Hall–Kier alpha value is -0.870. The van der Waals surface area contributed by atoms with Crippen LogP contribution < -0.4 is 0 Å². The molecular formula is C11H18N2O2. The molecule has 1 aliphatic heterocycles. The molecule has 1 aromatic heterocycles. The van der Waals surface area contributed by atoms with Crippen molar-refractivity contribution < 1.29 is 9.63 Å². The van der Waals surface area contributed by atoms with E-state index in [-0.39, 0.29) is 6.61 Å². The second-order valence-corrected chi connectivity index (χ2v) is 4.45. The number of likely N-dealkylation sites (tertiary alicyclic amines) is 1. The third-order valence-electron chi connectivity index (χ3n) is 3.09. The van der Waals surface area contributed by atoms with Crippen molar-refractivity contribution in [3.8, 4) is 0 Å². The van der Waals surface area contributed by atoms with Gasteiger partial charge >= 0.3 is 0 Å². The Bertz CT molecular complexity index is 322. The first-order chi connectivity index (χ1) is 7.20. The first-order valence-electron chi connectivity index (χ1n) is 5.51. The summed E-state index contributed by atoms with van der Waals surface area (Å²) in [7, 11) is 0. The number of nitrogens with zero attached hydrogens (tertiary/aromatic N) is 2. The van der Waals surface area contributed by atoms with Crippen molar-refractivity contribution in [1.82, 2.24) is 10.1 Å². The van der Waals surface area contributed by atoms with Crippen LogP contribution >= 0.6 is 0 Å². The lowest BCUT2D eigenvalue weighted by molar-refractivity contribution is 0.258. The number of rotatable bonds is 3. The van der Waals surface area contributed by atoms with E-state index in [1.807, 2.05) is 6.07 Å². The highest BCUT2D eigenvalue weighted by Gasteiger charge is 2.28. The van der Waals surface area contributed by atoms with Gasteiger partial charge in [-0.25, -0.2) is 0 Å². The Morgan fingerprint density at radius 1 is 1.67 bits per heavy atom. The Morgan fingerprint density at radius 2 is 2.47 bits per heavy atom. The van der Waals surface area contributed by atoms with Gasteiger partial charge in [0.2, 0.25) is 0 Å². The minimum atomic E-state index is -0.0376. The predicted octanol–water partition coefficient (Wildman–Crippen LogP) is 1.36. The minimum absolute atomic E-state index is 0.0376. The summed E-state index contributed by atoms with van der Waals surface area (Å²) < 4.78 is 5.23. The smallest absolute Gasteiger partial charge is 0.141 e. The van der Waals surface area contributed by atoms with Crippen molar-refractivity contribution in [3.63, 3.8) is 0 Å². The van der Waals surface area contributed by atoms with E-state index in [0.29, 0.717) is 17.7 Å². The van der Waals surface area contributed by atoms with Gasteiger partial charge in [0.25, 0.3) is 0 Å². The van der Waals surface area contributed by atoms with E-state index in [1.54, 1.807) is 0 Å². The maximum absolute atomic E-state index is 8.90. The maximum atomic E-state index is 8.90. The quantitative estimate of drug-likeness (QED) is 0.818. The largest absolute Gasteiger partial charge is 0.390 e. The van der Waals surface area contributed by atoms with Crippen molar-refractivity contribution in [1.29, 1.82) is 0 Å². The van der Waals surface area contributed by atoms with Crippen molar-refractivity contribution in [3.05, 3.63) is 17.5 Å². The van der Waals surface area contributed by atoms with Gasteiger partial charge in [0.1, 0.15) is 11.5 Å². The van der Waals surface area contributed by atoms with Gasteiger partial charge in [0.15, 0.2) is 0 Å². The number of aromatic nitrogens is 1. The number of hydrogen-bond acceptors (Lipinski definition) is 4. The maximum Gasteiger partial charge on any atom is 0.141 e. The Morgan fingerprint density at radius 3 is 3.00 bits per heavy atom. The molecule has 0 saturated carbocycles. The Balaban J connectivity index is 2.01. The standard InChI is InChI=1S/C11H18N2O2/c1-8(2)13-4-3-9(6-13)11-5-10(7-14)12-15-11/h5,8-9,14H,3-4,6-7H2,1-2H3. The van der Waals surface area contributed by atoms with Gasteiger partial charge < -0.3 is 14.5 Å². The van der Waals surface area contributed by atoms with Crippen LogP contribution in [0.1, 0.15) is 37.6 Å². The summed E-state index contributed by atoms with van der Waals surface area (Å²) in [5.41, 5.74) is 0.632. The predicted molar refractivity (Wildman–Crippen MR) is 56.5 cm³/mol. The fourth-order valence-electron chi connectivity index (χ4n) is 2.08. The van der Waals surface area contributed by atoms with Crippen LogP contribution in [-0.2, 0) is 6.61 Å². The molecule has 1 N–H and O–H groups in total. The van der Waals surface area contributed by atoms with Crippen molar-refractivity contribution in [2.24, 2.45) is 0 Å². The van der Waals surface area contributed by atoms with Gasteiger partial charge in [-0.1, -0.05) is 5.16 Å². The second kappa shape index (κ2) is 4.33. The molecule has 0 aliphatic carbocycles. The lowest BCUT2D eigenvalue weighted by atomic mass is 10.1. The molecule has 4 heteroatoms. The molecule has 1 saturated heterocycles. The third-order valence-corrected chi connectivity index (χ3v) is 3.09. The molecule has 1 aromatic rings. The molecule has 1 unspecified atom stereocenters. The van der Waals surface area contributed by atoms with Crippen LogP contribution in [0.5, 0.6) is 0 Å². The molecule has 0 bridgehead atoms. The Labute approximate surface area is 89.9 Å². The zero-order chi connectivity index (χ0) is 10.8. The molecule has 1 atom stereocenters. The number of hydrogen-bond donors (Lipinski definition) is 1. The van der Waals surface area contributed by atoms with Crippen LogP contribution in [0.4, 0.5) is 0 Å². The highest BCUT2D eigenvalue weighted by molar-refractivity contribution is 5.11. The number of aliphatic hydroxyl groups is 1. The van der Waals surface area contributed by atoms with Crippen molar-refractivity contribution in [2.45, 2.75) is 38.8 Å². The molecule has 1 aliphatic rings. The minimum Gasteiger partial charge on any atom is -0.390 e. The Kier molecular flexibility index (Phi) is 3.07. The van der Waals surface area contributed by atoms with Crippen LogP contribution in [-0.4, -0.2) is 34.3 Å². The van der Waals surface area contributed by atoms with Crippen LogP contribution in [0.15, 0.2) is 10.6 Å². The topological polar surface area (TPSA) is 49.5 Å². The average Bonchev–Trinajstić information content (AvgIpc) is 2.86. The van der Waals surface area contributed by atoms with E-state index in [0.717, 1.165) is 25.3 Å². The summed E-state index contributed by atoms with van der Waals surface area (Å²) in [5, 5.41) is 12.7. The molecule has 15 heavy (non-hydrogen) atoms. The van der Waals surface area contributed by atoms with E-state index < -0.39 is 0 Å². The molecule has 4 nitrogen and oxygen atoms in total. The monoisotopic (exact) mass is 210 g/mol. The van der Waals surface area contributed by atoms with E-state index in [9.17, 15) is 0 Å². The first-order valence-corrected chi connectivity index (χ1v) is 5.51. The normalized spacial score (nSPS) is 22.8. The molecule has 0 amide bonds. The van der Waals surface area contributed by atoms with E-state index in [4.69, 9.17) is 9.63 Å². The first kappa shape index (κ1) is 10.6. The van der Waals surface area contributed by atoms with Crippen molar-refractivity contribution in [2.75, 3.05) is 13.1 Å². The summed E-state index contributed by atoms with van der Waals surface area (Å²) in [6.45, 7) is 6.54. The van der Waals surface area contributed by atoms with Gasteiger partial charge in [0.05, 0.1) is 6.61 Å². The van der Waals surface area contributed by atoms with Crippen LogP contribution in [0.3, 0.4) is 0 Å². The highest BCUT2D eigenvalue weighted by Crippen LogP contribution is 2.28. The van der Waals surface area contributed by atoms with E-state index in [1.165, 1.54) is 0 Å². The summed E-state index contributed by atoms with van der Waals surface area (Å²) >= 11 is 0. The van der Waals surface area contributed by atoms with Gasteiger partial charge in [-0.3, -0.25) is 0 Å². The lowest BCUT2D eigenvalue weighted by Gasteiger charge is -2.19. The molecule has 0 aromatic carbocycles. The zero-order valence-electron chi connectivity index (χ0n) is 9.31. The summed E-state index contributed by atoms with van der Waals surface area (Å²) in [6, 6.07) is 2.46. The number of aliphatic hydroxyl groups excluding tert-OH is 1.